The molecule has 8 nitrogen and oxygen atoms in total. The van der Waals surface area contributed by atoms with Crippen LogP contribution in [0.4, 0.5) is 5.95 Å². The van der Waals surface area contributed by atoms with Gasteiger partial charge in [-0.15, -0.1) is 0 Å². The second-order valence-corrected chi connectivity index (χ2v) is 8.80. The largest absolute Gasteiger partial charge is 0.494 e. The fourth-order valence-electron chi connectivity index (χ4n) is 3.34. The Hall–Kier alpha value is -1.84. The van der Waals surface area contributed by atoms with Crippen molar-refractivity contribution in [2.24, 2.45) is 0 Å². The summed E-state index contributed by atoms with van der Waals surface area (Å²) >= 11 is 0. The summed E-state index contributed by atoms with van der Waals surface area (Å²) in [6, 6.07) is 6.33. The van der Waals surface area contributed by atoms with Gasteiger partial charge in [0.05, 0.1) is 23.9 Å². The van der Waals surface area contributed by atoms with E-state index in [4.69, 9.17) is 14.3 Å². The van der Waals surface area contributed by atoms with Crippen LogP contribution in [-0.4, -0.2) is 54.5 Å². The predicted octanol–water partition coefficient (Wildman–Crippen LogP) is 3.29. The standard InChI is InChI=1S/C19H29N3O.CH4O3S.H2O/c1-3-4-5-6-7-8-14-23-16-10-11-18-17(15-16)20-19-21(2)12-9-13-22(18)19;1-5(2,3)4;/h10-11,15H,3-9,12-14H2,1-2H3;1H3,(H,2,3,4);1H2. The molecule has 0 saturated carbocycles. The van der Waals surface area contributed by atoms with Crippen molar-refractivity contribution in [3.8, 4) is 5.75 Å². The summed E-state index contributed by atoms with van der Waals surface area (Å²) in [5.41, 5.74) is 2.27. The van der Waals surface area contributed by atoms with Gasteiger partial charge in [0.1, 0.15) is 5.75 Å². The maximum absolute atomic E-state index is 9.19. The summed E-state index contributed by atoms with van der Waals surface area (Å²) in [4.78, 5) is 7.02. The molecule has 1 aromatic carbocycles. The fraction of sp³-hybridized carbons (Fsp3) is 0.650. The molecule has 166 valence electrons. The summed E-state index contributed by atoms with van der Waals surface area (Å²) in [7, 11) is -1.55. The Labute approximate surface area is 173 Å². The minimum atomic E-state index is -3.67. The molecule has 0 fully saturated rings. The normalized spacial score (nSPS) is 13.3. The van der Waals surface area contributed by atoms with Gasteiger partial charge in [-0.1, -0.05) is 39.0 Å². The van der Waals surface area contributed by atoms with Gasteiger partial charge in [-0.05, 0) is 25.0 Å². The van der Waals surface area contributed by atoms with E-state index in [1.54, 1.807) is 0 Å². The number of unbranched alkanes of at least 4 members (excludes halogenated alkanes) is 5. The summed E-state index contributed by atoms with van der Waals surface area (Å²) in [5.74, 6) is 2.03. The third-order valence-corrected chi connectivity index (χ3v) is 4.68. The molecule has 0 spiro atoms. The highest BCUT2D eigenvalue weighted by Crippen LogP contribution is 2.28. The van der Waals surface area contributed by atoms with Gasteiger partial charge >= 0.3 is 0 Å². The zero-order chi connectivity index (χ0) is 20.6. The van der Waals surface area contributed by atoms with Crippen molar-refractivity contribution in [1.82, 2.24) is 9.55 Å². The van der Waals surface area contributed by atoms with Gasteiger partial charge in [0.15, 0.2) is 0 Å². The molecule has 0 bridgehead atoms. The Morgan fingerprint density at radius 1 is 1.14 bits per heavy atom. The van der Waals surface area contributed by atoms with E-state index in [-0.39, 0.29) is 5.48 Å². The molecular weight excluding hydrogens is 394 g/mol. The number of hydrogen-bond donors (Lipinski definition) is 1. The number of rotatable bonds is 8. The van der Waals surface area contributed by atoms with Crippen molar-refractivity contribution in [3.05, 3.63) is 18.2 Å². The molecule has 2 aromatic rings. The quantitative estimate of drug-likeness (QED) is 0.508. The lowest BCUT2D eigenvalue weighted by molar-refractivity contribution is 0.304. The molecule has 3 N–H and O–H groups in total. The van der Waals surface area contributed by atoms with Crippen LogP contribution in [0.15, 0.2) is 18.2 Å². The molecule has 0 amide bonds. The molecule has 1 aliphatic rings. The summed E-state index contributed by atoms with van der Waals surface area (Å²) in [6.07, 6.45) is 9.66. The van der Waals surface area contributed by atoms with Gasteiger partial charge in [-0.2, -0.15) is 8.42 Å². The Bertz CT molecular complexity index is 843. The maximum Gasteiger partial charge on any atom is 0.261 e. The minimum absolute atomic E-state index is 0. The Balaban J connectivity index is 0.000000628. The number of fused-ring (bicyclic) bond motifs is 3. The van der Waals surface area contributed by atoms with E-state index >= 15 is 0 Å². The zero-order valence-corrected chi connectivity index (χ0v) is 18.5. The molecule has 9 heteroatoms. The van der Waals surface area contributed by atoms with E-state index < -0.39 is 10.1 Å². The van der Waals surface area contributed by atoms with Crippen molar-refractivity contribution in [2.75, 3.05) is 31.4 Å². The van der Waals surface area contributed by atoms with Crippen molar-refractivity contribution in [1.29, 1.82) is 0 Å². The van der Waals surface area contributed by atoms with Crippen LogP contribution in [-0.2, 0) is 16.7 Å². The number of anilines is 1. The van der Waals surface area contributed by atoms with Crippen molar-refractivity contribution in [3.63, 3.8) is 0 Å². The average Bonchev–Trinajstić information content (AvgIpc) is 2.99. The lowest BCUT2D eigenvalue weighted by atomic mass is 10.1. The van der Waals surface area contributed by atoms with Crippen LogP contribution in [0, 0.1) is 0 Å². The lowest BCUT2D eigenvalue weighted by Crippen LogP contribution is -2.28. The van der Waals surface area contributed by atoms with Crippen LogP contribution in [0.1, 0.15) is 51.9 Å². The van der Waals surface area contributed by atoms with Gasteiger partial charge in [0, 0.05) is 26.2 Å². The van der Waals surface area contributed by atoms with Crippen LogP contribution in [0.2, 0.25) is 0 Å². The molecule has 1 aliphatic heterocycles. The van der Waals surface area contributed by atoms with Gasteiger partial charge in [0.2, 0.25) is 5.95 Å². The van der Waals surface area contributed by atoms with Crippen LogP contribution < -0.4 is 9.64 Å². The fourth-order valence-corrected chi connectivity index (χ4v) is 3.34. The van der Waals surface area contributed by atoms with Crippen molar-refractivity contribution in [2.45, 2.75) is 58.4 Å². The molecule has 2 heterocycles. The number of nitrogens with zero attached hydrogens (tertiary/aromatic N) is 3. The topological polar surface area (TPSA) is 116 Å². The van der Waals surface area contributed by atoms with E-state index in [9.17, 15) is 8.42 Å². The minimum Gasteiger partial charge on any atom is -0.494 e. The third-order valence-electron chi connectivity index (χ3n) is 4.68. The van der Waals surface area contributed by atoms with E-state index in [1.165, 1.54) is 44.0 Å². The predicted molar refractivity (Wildman–Crippen MR) is 118 cm³/mol. The average molecular weight is 430 g/mol. The van der Waals surface area contributed by atoms with Crippen LogP contribution in [0.25, 0.3) is 11.0 Å². The van der Waals surface area contributed by atoms with E-state index in [0.29, 0.717) is 6.26 Å². The number of aromatic nitrogens is 2. The summed E-state index contributed by atoms with van der Waals surface area (Å²) in [5, 5.41) is 0. The van der Waals surface area contributed by atoms with Gasteiger partial charge in [-0.25, -0.2) is 4.98 Å². The molecule has 29 heavy (non-hydrogen) atoms. The molecule has 0 radical (unpaired) electrons. The first-order chi connectivity index (χ1) is 13.3. The number of imidazole rings is 1. The highest BCUT2D eigenvalue weighted by Gasteiger charge is 2.18. The second kappa shape index (κ2) is 12.0. The Morgan fingerprint density at radius 2 is 1.79 bits per heavy atom. The number of benzene rings is 1. The third kappa shape index (κ3) is 8.59. The first kappa shape index (κ1) is 25.2. The molecule has 1 aromatic heterocycles. The molecule has 0 atom stereocenters. The van der Waals surface area contributed by atoms with E-state index in [0.717, 1.165) is 43.3 Å². The van der Waals surface area contributed by atoms with Crippen LogP contribution >= 0.6 is 0 Å². The highest BCUT2D eigenvalue weighted by atomic mass is 32.2. The van der Waals surface area contributed by atoms with Gasteiger partial charge in [-0.3, -0.25) is 4.55 Å². The molecule has 0 saturated heterocycles. The lowest BCUT2D eigenvalue weighted by Gasteiger charge is -2.24. The zero-order valence-electron chi connectivity index (χ0n) is 17.7. The van der Waals surface area contributed by atoms with E-state index in [2.05, 4.69) is 41.6 Å². The highest BCUT2D eigenvalue weighted by molar-refractivity contribution is 7.85. The number of ether oxygens (including phenoxy) is 1. The van der Waals surface area contributed by atoms with Crippen LogP contribution in [0.3, 0.4) is 0 Å². The maximum atomic E-state index is 9.19. The van der Waals surface area contributed by atoms with Gasteiger partial charge < -0.3 is 19.7 Å². The van der Waals surface area contributed by atoms with Crippen molar-refractivity contribution >= 4 is 27.1 Å². The molecular formula is C20H35N3O5S. The molecule has 3 rings (SSSR count). The second-order valence-electron chi connectivity index (χ2n) is 7.34. The SMILES string of the molecule is CCCCCCCCOc1ccc2c(c1)nc1n2CCCN1C.CS(=O)(=O)O.O. The van der Waals surface area contributed by atoms with Gasteiger partial charge in [0.25, 0.3) is 10.1 Å². The Morgan fingerprint density at radius 3 is 2.48 bits per heavy atom. The number of hydrogen-bond acceptors (Lipinski definition) is 5. The first-order valence-corrected chi connectivity index (χ1v) is 11.9. The molecule has 0 unspecified atom stereocenters. The Kier molecular flexibility index (Phi) is 10.4. The first-order valence-electron chi connectivity index (χ1n) is 10.1. The molecule has 0 aliphatic carbocycles. The monoisotopic (exact) mass is 429 g/mol. The smallest absolute Gasteiger partial charge is 0.261 e. The summed E-state index contributed by atoms with van der Waals surface area (Å²) in [6.45, 7) is 5.22. The number of aryl methyl sites for hydroxylation is 1. The summed E-state index contributed by atoms with van der Waals surface area (Å²) < 4.78 is 34.1. The van der Waals surface area contributed by atoms with E-state index in [1.807, 2.05) is 0 Å². The van der Waals surface area contributed by atoms with Crippen molar-refractivity contribution < 1.29 is 23.2 Å². The van der Waals surface area contributed by atoms with Crippen LogP contribution in [0.5, 0.6) is 5.75 Å².